The van der Waals surface area contributed by atoms with E-state index >= 15 is 0 Å². The first kappa shape index (κ1) is 8.80. The molecular weight excluding hydrogens is 156 g/mol. The van der Waals surface area contributed by atoms with Crippen LogP contribution in [0.3, 0.4) is 0 Å². The second kappa shape index (κ2) is 3.95. The Bertz CT molecular complexity index is 255. The lowest BCUT2D eigenvalue weighted by molar-refractivity contribution is 0.404. The Kier molecular flexibility index (Phi) is 2.68. The monoisotopic (exact) mass is 174 g/mol. The van der Waals surface area contributed by atoms with Crippen molar-refractivity contribution in [2.45, 2.75) is 32.6 Å². The molecule has 0 amide bonds. The van der Waals surface area contributed by atoms with Gasteiger partial charge in [0, 0.05) is 0 Å². The second-order valence-electron chi connectivity index (χ2n) is 4.09. The summed E-state index contributed by atoms with van der Waals surface area (Å²) in [4.78, 5) is 0. The highest BCUT2D eigenvalue weighted by molar-refractivity contribution is 5.27. The Morgan fingerprint density at radius 2 is 2.31 bits per heavy atom. The topological polar surface area (TPSA) is 0 Å². The van der Waals surface area contributed by atoms with Crippen molar-refractivity contribution >= 4 is 0 Å². The summed E-state index contributed by atoms with van der Waals surface area (Å²) in [5.41, 5.74) is 1.69. The fourth-order valence-electron chi connectivity index (χ4n) is 2.60. The van der Waals surface area contributed by atoms with Crippen molar-refractivity contribution in [3.05, 3.63) is 36.0 Å². The largest absolute Gasteiger partial charge is 0.0911 e. The van der Waals surface area contributed by atoms with Crippen LogP contribution in [0.25, 0.3) is 0 Å². The summed E-state index contributed by atoms with van der Waals surface area (Å²) in [6.07, 6.45) is 16.9. The third-order valence-corrected chi connectivity index (χ3v) is 3.24. The van der Waals surface area contributed by atoms with Gasteiger partial charge in [0.1, 0.15) is 0 Å². The minimum absolute atomic E-state index is 0.744. The summed E-state index contributed by atoms with van der Waals surface area (Å²) in [5.74, 6) is 1.61. The lowest BCUT2D eigenvalue weighted by Gasteiger charge is -2.32. The third kappa shape index (κ3) is 1.77. The molecule has 2 unspecified atom stereocenters. The van der Waals surface area contributed by atoms with E-state index in [0.29, 0.717) is 0 Å². The zero-order valence-corrected chi connectivity index (χ0v) is 8.37. The van der Waals surface area contributed by atoms with Crippen LogP contribution in [0.5, 0.6) is 0 Å². The summed E-state index contributed by atoms with van der Waals surface area (Å²) in [7, 11) is 0. The van der Waals surface area contributed by atoms with Gasteiger partial charge in [-0.15, -0.1) is 0 Å². The van der Waals surface area contributed by atoms with Crippen LogP contribution in [0, 0.1) is 11.8 Å². The van der Waals surface area contributed by atoms with Gasteiger partial charge in [0.25, 0.3) is 0 Å². The first-order valence-electron chi connectivity index (χ1n) is 5.41. The highest BCUT2D eigenvalue weighted by atomic mass is 14.3. The lowest BCUT2D eigenvalue weighted by Crippen LogP contribution is -2.18. The Labute approximate surface area is 81.0 Å². The molecule has 0 heterocycles. The van der Waals surface area contributed by atoms with Gasteiger partial charge in [-0.3, -0.25) is 0 Å². The van der Waals surface area contributed by atoms with Crippen LogP contribution < -0.4 is 0 Å². The number of hydrogen-bond acceptors (Lipinski definition) is 0. The molecule has 0 bridgehead atoms. The van der Waals surface area contributed by atoms with Gasteiger partial charge in [0.15, 0.2) is 0 Å². The zero-order chi connectivity index (χ0) is 9.10. The van der Waals surface area contributed by atoms with E-state index in [1.165, 1.54) is 25.7 Å². The molecule has 0 heteroatoms. The lowest BCUT2D eigenvalue weighted by atomic mass is 9.73. The predicted molar refractivity (Wildman–Crippen MR) is 57.5 cm³/mol. The van der Waals surface area contributed by atoms with E-state index in [4.69, 9.17) is 0 Å². The molecule has 0 radical (unpaired) electrons. The minimum Gasteiger partial charge on any atom is -0.0911 e. The van der Waals surface area contributed by atoms with Crippen molar-refractivity contribution in [2.75, 3.05) is 0 Å². The van der Waals surface area contributed by atoms with Crippen molar-refractivity contribution in [3.8, 4) is 0 Å². The maximum Gasteiger partial charge on any atom is -0.00174 e. The van der Waals surface area contributed by atoms with Crippen molar-refractivity contribution in [1.82, 2.24) is 0 Å². The predicted octanol–water partition coefficient (Wildman–Crippen LogP) is 3.87. The molecule has 0 N–H and O–H groups in total. The van der Waals surface area contributed by atoms with Gasteiger partial charge in [-0.1, -0.05) is 42.4 Å². The molecule has 0 aliphatic heterocycles. The molecule has 0 aromatic heterocycles. The Morgan fingerprint density at radius 1 is 1.38 bits per heavy atom. The molecule has 0 nitrogen and oxygen atoms in total. The van der Waals surface area contributed by atoms with E-state index in [9.17, 15) is 0 Å². The second-order valence-corrected chi connectivity index (χ2v) is 4.09. The van der Waals surface area contributed by atoms with Crippen LogP contribution >= 0.6 is 0 Å². The van der Waals surface area contributed by atoms with Crippen molar-refractivity contribution in [3.63, 3.8) is 0 Å². The van der Waals surface area contributed by atoms with Gasteiger partial charge in [-0.2, -0.15) is 0 Å². The van der Waals surface area contributed by atoms with Crippen LogP contribution in [0.2, 0.25) is 0 Å². The van der Waals surface area contributed by atoms with E-state index in [-0.39, 0.29) is 0 Å². The van der Waals surface area contributed by atoms with Crippen molar-refractivity contribution < 1.29 is 0 Å². The summed E-state index contributed by atoms with van der Waals surface area (Å²) in [6, 6.07) is 0. The number of hydrogen-bond donors (Lipinski definition) is 0. The quantitative estimate of drug-likeness (QED) is 0.529. The molecule has 2 atom stereocenters. The third-order valence-electron chi connectivity index (χ3n) is 3.24. The molecule has 0 aromatic rings. The van der Waals surface area contributed by atoms with Crippen LogP contribution in [-0.4, -0.2) is 0 Å². The molecule has 1 saturated carbocycles. The van der Waals surface area contributed by atoms with E-state index in [1.54, 1.807) is 5.57 Å². The van der Waals surface area contributed by atoms with Crippen molar-refractivity contribution in [1.29, 1.82) is 0 Å². The molecule has 0 spiro atoms. The SMILES string of the molecule is CC=CC1CCCC2CC=CC=C12. The first-order chi connectivity index (χ1) is 6.42. The average molecular weight is 174 g/mol. The number of rotatable bonds is 1. The average Bonchev–Trinajstić information content (AvgIpc) is 2.19. The van der Waals surface area contributed by atoms with Gasteiger partial charge in [-0.25, -0.2) is 0 Å². The summed E-state index contributed by atoms with van der Waals surface area (Å²) in [5, 5.41) is 0. The molecule has 70 valence electrons. The summed E-state index contributed by atoms with van der Waals surface area (Å²) < 4.78 is 0. The fourth-order valence-corrected chi connectivity index (χ4v) is 2.60. The molecule has 2 aliphatic rings. The van der Waals surface area contributed by atoms with Gasteiger partial charge in [0.2, 0.25) is 0 Å². The van der Waals surface area contributed by atoms with E-state index in [0.717, 1.165) is 11.8 Å². The minimum atomic E-state index is 0.744. The van der Waals surface area contributed by atoms with Crippen LogP contribution in [0.1, 0.15) is 32.6 Å². The van der Waals surface area contributed by atoms with E-state index in [1.807, 2.05) is 0 Å². The Hall–Kier alpha value is -0.780. The van der Waals surface area contributed by atoms with Gasteiger partial charge < -0.3 is 0 Å². The maximum absolute atomic E-state index is 2.37. The van der Waals surface area contributed by atoms with Crippen molar-refractivity contribution in [2.24, 2.45) is 11.8 Å². The molecule has 1 fully saturated rings. The highest BCUT2D eigenvalue weighted by Gasteiger charge is 2.25. The Morgan fingerprint density at radius 3 is 3.15 bits per heavy atom. The molecule has 0 saturated heterocycles. The first-order valence-corrected chi connectivity index (χ1v) is 5.41. The number of allylic oxidation sites excluding steroid dienone is 6. The highest BCUT2D eigenvalue weighted by Crippen LogP contribution is 2.38. The summed E-state index contributed by atoms with van der Waals surface area (Å²) >= 11 is 0. The molecule has 0 aromatic carbocycles. The smallest absolute Gasteiger partial charge is 0.00174 e. The standard InChI is InChI=1S/C13H18/c1-2-6-11-8-5-9-12-7-3-4-10-13(11)12/h2-4,6,10-12H,5,7-9H2,1H3. The normalized spacial score (nSPS) is 33.2. The van der Waals surface area contributed by atoms with E-state index in [2.05, 4.69) is 37.3 Å². The Balaban J connectivity index is 2.19. The fraction of sp³-hybridized carbons (Fsp3) is 0.538. The van der Waals surface area contributed by atoms with Crippen LogP contribution in [-0.2, 0) is 0 Å². The van der Waals surface area contributed by atoms with Crippen LogP contribution in [0.4, 0.5) is 0 Å². The molecule has 13 heavy (non-hydrogen) atoms. The maximum atomic E-state index is 2.37. The molecule has 2 aliphatic carbocycles. The van der Waals surface area contributed by atoms with Gasteiger partial charge >= 0.3 is 0 Å². The van der Waals surface area contributed by atoms with Crippen LogP contribution in [0.15, 0.2) is 36.0 Å². The van der Waals surface area contributed by atoms with E-state index < -0.39 is 0 Å². The zero-order valence-electron chi connectivity index (χ0n) is 8.37. The summed E-state index contributed by atoms with van der Waals surface area (Å²) in [6.45, 7) is 2.13. The van der Waals surface area contributed by atoms with Gasteiger partial charge in [-0.05, 0) is 38.0 Å². The van der Waals surface area contributed by atoms with Gasteiger partial charge in [0.05, 0.1) is 0 Å². The number of fused-ring (bicyclic) bond motifs is 1. The molecular formula is C13H18. The molecule has 2 rings (SSSR count).